The van der Waals surface area contributed by atoms with Crippen molar-refractivity contribution in [2.75, 3.05) is 12.9 Å². The van der Waals surface area contributed by atoms with Crippen molar-refractivity contribution in [3.05, 3.63) is 34.3 Å². The molecule has 1 rings (SSSR count). The van der Waals surface area contributed by atoms with Gasteiger partial charge in [-0.25, -0.2) is 4.79 Å². The highest BCUT2D eigenvalue weighted by molar-refractivity contribution is 9.10. The molecule has 0 radical (unpaired) electrons. The number of hydrogen-bond acceptors (Lipinski definition) is 4. The predicted octanol–water partition coefficient (Wildman–Crippen LogP) is 3.03. The number of thioether (sulfide) groups is 1. The lowest BCUT2D eigenvalue weighted by Gasteiger charge is -2.17. The monoisotopic (exact) mass is 385 g/mol. The van der Waals surface area contributed by atoms with Gasteiger partial charge in [0.25, 0.3) is 0 Å². The van der Waals surface area contributed by atoms with Crippen LogP contribution in [0.5, 0.6) is 0 Å². The predicted molar refractivity (Wildman–Crippen MR) is 75.6 cm³/mol. The van der Waals surface area contributed by atoms with Gasteiger partial charge in [-0.2, -0.15) is 13.2 Å². The van der Waals surface area contributed by atoms with E-state index in [9.17, 15) is 22.8 Å². The Bertz CT molecular complexity index is 507. The summed E-state index contributed by atoms with van der Waals surface area (Å²) in [5, 5.41) is 2.23. The molecule has 0 saturated carbocycles. The topological polar surface area (TPSA) is 55.4 Å². The van der Waals surface area contributed by atoms with Crippen LogP contribution in [0.4, 0.5) is 13.2 Å². The van der Waals surface area contributed by atoms with Gasteiger partial charge in [0.15, 0.2) is 6.04 Å². The average molecular weight is 386 g/mol. The number of alkyl halides is 3. The Hall–Kier alpha value is -1.22. The molecule has 0 saturated heterocycles. The number of methoxy groups -OCH3 is 1. The van der Waals surface area contributed by atoms with Crippen LogP contribution in [0.3, 0.4) is 0 Å². The molecule has 0 bridgehead atoms. The second-order valence-corrected chi connectivity index (χ2v) is 5.77. The molecule has 0 aliphatic heterocycles. The first-order valence-electron chi connectivity index (χ1n) is 5.56. The molecule has 1 aromatic rings. The lowest BCUT2D eigenvalue weighted by atomic mass is 10.1. The molecule has 0 aromatic heterocycles. The van der Waals surface area contributed by atoms with Crippen LogP contribution in [0.1, 0.15) is 11.6 Å². The minimum absolute atomic E-state index is 0.412. The van der Waals surface area contributed by atoms with E-state index in [0.29, 0.717) is 5.56 Å². The zero-order valence-electron chi connectivity index (χ0n) is 10.7. The number of hydrogen-bond donors (Lipinski definition) is 1. The number of carbonyl (C=O) groups excluding carboxylic acids is 2. The van der Waals surface area contributed by atoms with E-state index in [0.717, 1.165) is 11.6 Å². The first-order valence-corrected chi connectivity index (χ1v) is 7.34. The molecule has 9 heteroatoms. The van der Waals surface area contributed by atoms with E-state index in [2.05, 4.69) is 26.0 Å². The number of benzene rings is 1. The van der Waals surface area contributed by atoms with Crippen LogP contribution in [0.25, 0.3) is 0 Å². The fourth-order valence-corrected chi connectivity index (χ4v) is 2.04. The van der Waals surface area contributed by atoms with E-state index < -0.39 is 40.9 Å². The van der Waals surface area contributed by atoms with E-state index >= 15 is 0 Å². The molecule has 0 aliphatic carbocycles. The zero-order valence-corrected chi connectivity index (χ0v) is 13.1. The molecule has 4 nitrogen and oxygen atoms in total. The van der Waals surface area contributed by atoms with Gasteiger partial charge in [-0.05, 0) is 29.5 Å². The number of esters is 1. The zero-order chi connectivity index (χ0) is 16.0. The van der Waals surface area contributed by atoms with Crippen molar-refractivity contribution in [2.45, 2.75) is 11.6 Å². The highest BCUT2D eigenvalue weighted by Crippen LogP contribution is 2.30. The Morgan fingerprint density at radius 3 is 2.38 bits per heavy atom. The minimum atomic E-state index is -4.50. The van der Waals surface area contributed by atoms with Crippen LogP contribution in [0.15, 0.2) is 28.7 Å². The molecule has 116 valence electrons. The van der Waals surface area contributed by atoms with Crippen LogP contribution >= 0.6 is 27.7 Å². The van der Waals surface area contributed by atoms with Gasteiger partial charge in [-0.15, -0.1) is 0 Å². The number of halogens is 4. The van der Waals surface area contributed by atoms with Crippen LogP contribution in [-0.4, -0.2) is 30.2 Å². The Morgan fingerprint density at radius 2 is 1.90 bits per heavy atom. The van der Waals surface area contributed by atoms with Crippen molar-refractivity contribution in [3.8, 4) is 0 Å². The second-order valence-electron chi connectivity index (χ2n) is 3.81. The van der Waals surface area contributed by atoms with E-state index in [1.54, 1.807) is 24.3 Å². The Kier molecular flexibility index (Phi) is 6.53. The van der Waals surface area contributed by atoms with Crippen LogP contribution in [-0.2, 0) is 14.3 Å². The van der Waals surface area contributed by atoms with Gasteiger partial charge >= 0.3 is 11.5 Å². The van der Waals surface area contributed by atoms with Gasteiger partial charge in [0.1, 0.15) is 0 Å². The molecule has 1 amide bonds. The quantitative estimate of drug-likeness (QED) is 0.791. The maximum Gasteiger partial charge on any atom is 0.442 e. The number of rotatable bonds is 5. The van der Waals surface area contributed by atoms with E-state index in [1.165, 1.54) is 0 Å². The van der Waals surface area contributed by atoms with Crippen molar-refractivity contribution in [1.82, 2.24) is 5.32 Å². The van der Waals surface area contributed by atoms with Crippen molar-refractivity contribution < 1.29 is 27.5 Å². The van der Waals surface area contributed by atoms with Crippen LogP contribution in [0, 0.1) is 0 Å². The summed E-state index contributed by atoms with van der Waals surface area (Å²) >= 11 is 2.74. The molecule has 1 aromatic carbocycles. The molecular weight excluding hydrogens is 375 g/mol. The molecule has 21 heavy (non-hydrogen) atoms. The van der Waals surface area contributed by atoms with Crippen molar-refractivity contribution in [3.63, 3.8) is 0 Å². The minimum Gasteiger partial charge on any atom is -0.467 e. The first-order chi connectivity index (χ1) is 9.73. The highest BCUT2D eigenvalue weighted by Gasteiger charge is 2.30. The molecule has 1 atom stereocenters. The van der Waals surface area contributed by atoms with Gasteiger partial charge in [-0.3, -0.25) is 4.79 Å². The Balaban J connectivity index is 2.77. The normalized spacial score (nSPS) is 12.6. The molecule has 1 N–H and O–H groups in total. The van der Waals surface area contributed by atoms with E-state index in [1.807, 2.05) is 0 Å². The lowest BCUT2D eigenvalue weighted by molar-refractivity contribution is -0.145. The summed E-state index contributed by atoms with van der Waals surface area (Å²) in [6.45, 7) is 0. The third-order valence-corrected chi connectivity index (χ3v) is 3.57. The molecule has 0 fully saturated rings. The molecule has 1 unspecified atom stereocenters. The fourth-order valence-electron chi connectivity index (χ4n) is 1.40. The molecular formula is C12H11BrF3NO3S. The summed E-state index contributed by atoms with van der Waals surface area (Å²) in [5.74, 6) is -2.49. The molecule has 0 heterocycles. The average Bonchev–Trinajstić information content (AvgIpc) is 2.42. The third-order valence-electron chi connectivity index (χ3n) is 2.31. The number of ether oxygens (including phenoxy) is 1. The molecule has 0 aliphatic rings. The van der Waals surface area contributed by atoms with Gasteiger partial charge in [0.2, 0.25) is 5.91 Å². The fraction of sp³-hybridized carbons (Fsp3) is 0.333. The summed E-state index contributed by atoms with van der Waals surface area (Å²) in [6.07, 6.45) is 0. The van der Waals surface area contributed by atoms with E-state index in [4.69, 9.17) is 0 Å². The van der Waals surface area contributed by atoms with Crippen molar-refractivity contribution in [1.29, 1.82) is 0 Å². The van der Waals surface area contributed by atoms with Crippen LogP contribution in [0.2, 0.25) is 0 Å². The lowest BCUT2D eigenvalue weighted by Crippen LogP contribution is -2.36. The maximum atomic E-state index is 12.0. The van der Waals surface area contributed by atoms with Crippen molar-refractivity contribution in [2.24, 2.45) is 0 Å². The maximum absolute atomic E-state index is 12.0. The second kappa shape index (κ2) is 7.69. The number of carbonyl (C=O) groups is 2. The van der Waals surface area contributed by atoms with Gasteiger partial charge in [-0.1, -0.05) is 28.1 Å². The van der Waals surface area contributed by atoms with E-state index in [-0.39, 0.29) is 0 Å². The number of amides is 1. The standard InChI is InChI=1S/C12H11BrF3NO3S/c1-20-11(19)10(7-2-4-8(13)5-3-7)17-9(18)6-21-12(14,15)16/h2-5,10H,6H2,1H3,(H,17,18). The smallest absolute Gasteiger partial charge is 0.442 e. The SMILES string of the molecule is COC(=O)C(NC(=O)CSC(F)(F)F)c1ccc(Br)cc1. The van der Waals surface area contributed by atoms with Crippen molar-refractivity contribution >= 4 is 39.6 Å². The van der Waals surface area contributed by atoms with Crippen LogP contribution < -0.4 is 5.32 Å². The highest BCUT2D eigenvalue weighted by atomic mass is 79.9. The first kappa shape index (κ1) is 17.8. The summed E-state index contributed by atoms with van der Waals surface area (Å²) < 4.78 is 41.4. The van der Waals surface area contributed by atoms with Gasteiger partial charge < -0.3 is 10.1 Å². The largest absolute Gasteiger partial charge is 0.467 e. The number of nitrogens with one attached hydrogen (secondary N) is 1. The Labute approximate surface area is 131 Å². The third kappa shape index (κ3) is 6.38. The summed E-state index contributed by atoms with van der Waals surface area (Å²) in [6, 6.07) is 5.25. The van der Waals surface area contributed by atoms with Gasteiger partial charge in [0.05, 0.1) is 12.9 Å². The molecule has 0 spiro atoms. The van der Waals surface area contributed by atoms with Gasteiger partial charge in [0, 0.05) is 4.47 Å². The summed E-state index contributed by atoms with van der Waals surface area (Å²) in [4.78, 5) is 23.2. The Morgan fingerprint density at radius 1 is 1.33 bits per heavy atom. The summed E-state index contributed by atoms with van der Waals surface area (Å²) in [7, 11) is 1.13. The summed E-state index contributed by atoms with van der Waals surface area (Å²) in [5.41, 5.74) is -4.09.